The Bertz CT molecular complexity index is 1990. The van der Waals surface area contributed by atoms with E-state index in [4.69, 9.17) is 58.2 Å². The third-order valence-corrected chi connectivity index (χ3v) is 12.7. The molecule has 0 saturated heterocycles. The van der Waals surface area contributed by atoms with Gasteiger partial charge in [0.25, 0.3) is 0 Å². The van der Waals surface area contributed by atoms with E-state index in [1.807, 2.05) is 60.7 Å². The van der Waals surface area contributed by atoms with Gasteiger partial charge in [0.2, 0.25) is 23.6 Å². The molecule has 0 saturated carbocycles. The first-order valence-electron chi connectivity index (χ1n) is 30.1. The van der Waals surface area contributed by atoms with Gasteiger partial charge in [-0.05, 0) is 49.7 Å². The molecule has 2 rings (SSSR count). The number of aliphatic carboxylic acids is 1. The Balaban J connectivity index is 1.36. The number of amides is 4. The van der Waals surface area contributed by atoms with Crippen molar-refractivity contribution in [2.24, 2.45) is 5.73 Å². The van der Waals surface area contributed by atoms with E-state index in [9.17, 15) is 33.6 Å². The topological polar surface area (TPSA) is 306 Å². The number of rotatable bonds is 58. The van der Waals surface area contributed by atoms with E-state index >= 15 is 0 Å². The van der Waals surface area contributed by atoms with Crippen LogP contribution in [0.25, 0.3) is 0 Å². The lowest BCUT2D eigenvalue weighted by Gasteiger charge is -2.18. The number of nitrogens with two attached hydrogens (primary N) is 1. The molecule has 0 radical (unpaired) electrons. The summed E-state index contributed by atoms with van der Waals surface area (Å²) < 4.78 is 54.7. The lowest BCUT2D eigenvalue weighted by Crippen LogP contribution is -2.42. The minimum Gasteiger partial charge on any atom is -0.480 e. The van der Waals surface area contributed by atoms with Crippen LogP contribution in [-0.2, 0) is 94.1 Å². The van der Waals surface area contributed by atoms with E-state index in [1.54, 1.807) is 0 Å². The fourth-order valence-electron chi connectivity index (χ4n) is 7.88. The first-order chi connectivity index (χ1) is 41.0. The number of hydrogen-bond acceptors (Lipinski definition) is 18. The molecule has 7 N–H and O–H groups in total. The molecule has 2 aromatic carbocycles. The maximum absolute atomic E-state index is 13.1. The molecule has 0 bridgehead atoms. The summed E-state index contributed by atoms with van der Waals surface area (Å²) in [4.78, 5) is 85.3. The highest BCUT2D eigenvalue weighted by Crippen LogP contribution is 2.14. The van der Waals surface area contributed by atoms with Crippen LogP contribution in [-0.4, -0.2) is 184 Å². The molecule has 23 nitrogen and oxygen atoms in total. The van der Waals surface area contributed by atoms with Crippen LogP contribution in [0, 0.1) is 0 Å². The number of esters is 2. The SMILES string of the molecule is N[C@@H](CCCCNC(=O)CCOCCOCCOCCOCCNC(=O)CCOCCOCCOCCOCCNC(=O)CC[C@H](NC(=O)CCCCCCCCCCCCC(=O)OCc1ccccc1)C(=O)OCc1ccccc1)C(=O)O. The Kier molecular flexibility index (Phi) is 47.9. The number of unbranched alkanes of at least 4 members (excludes halogenated alkanes) is 10. The lowest BCUT2D eigenvalue weighted by atomic mass is 10.0. The number of nitrogens with one attached hydrogen (secondary N) is 4. The number of carboxylic acid groups (broad SMARTS) is 1. The Labute approximate surface area is 497 Å². The highest BCUT2D eigenvalue weighted by Gasteiger charge is 2.23. The van der Waals surface area contributed by atoms with Gasteiger partial charge in [0.15, 0.2) is 0 Å². The lowest BCUT2D eigenvalue weighted by molar-refractivity contribution is -0.149. The van der Waals surface area contributed by atoms with Crippen molar-refractivity contribution in [1.82, 2.24) is 21.3 Å². The van der Waals surface area contributed by atoms with Crippen molar-refractivity contribution in [1.29, 1.82) is 0 Å². The molecule has 0 spiro atoms. The van der Waals surface area contributed by atoms with E-state index in [2.05, 4.69) is 21.3 Å². The maximum atomic E-state index is 13.1. The predicted molar refractivity (Wildman–Crippen MR) is 313 cm³/mol. The number of carboxylic acids is 1. The summed E-state index contributed by atoms with van der Waals surface area (Å²) >= 11 is 0. The van der Waals surface area contributed by atoms with Crippen molar-refractivity contribution in [2.45, 2.75) is 147 Å². The maximum Gasteiger partial charge on any atom is 0.328 e. The molecule has 0 aliphatic heterocycles. The molecule has 84 heavy (non-hydrogen) atoms. The molecular formula is C61H99N5O18. The largest absolute Gasteiger partial charge is 0.480 e. The first-order valence-corrected chi connectivity index (χ1v) is 30.1. The van der Waals surface area contributed by atoms with Crippen LogP contribution < -0.4 is 27.0 Å². The molecule has 0 unspecified atom stereocenters. The summed E-state index contributed by atoms with van der Waals surface area (Å²) in [7, 11) is 0. The van der Waals surface area contributed by atoms with Crippen molar-refractivity contribution in [3.63, 3.8) is 0 Å². The van der Waals surface area contributed by atoms with Crippen molar-refractivity contribution >= 4 is 41.5 Å². The van der Waals surface area contributed by atoms with Crippen LogP contribution in [0.1, 0.15) is 133 Å². The van der Waals surface area contributed by atoms with E-state index in [0.717, 1.165) is 68.9 Å². The van der Waals surface area contributed by atoms with E-state index < -0.39 is 24.0 Å². The van der Waals surface area contributed by atoms with Gasteiger partial charge in [-0.15, -0.1) is 0 Å². The summed E-state index contributed by atoms with van der Waals surface area (Å²) in [6.45, 7) is 6.96. The number of benzene rings is 2. The Morgan fingerprint density at radius 2 is 0.762 bits per heavy atom. The number of hydrogen-bond donors (Lipinski definition) is 6. The highest BCUT2D eigenvalue weighted by atomic mass is 16.6. The average Bonchev–Trinajstić information content (AvgIpc) is 3.57. The second kappa shape index (κ2) is 54.1. The molecule has 2 aromatic rings. The summed E-state index contributed by atoms with van der Waals surface area (Å²) in [5, 5.41) is 19.9. The van der Waals surface area contributed by atoms with E-state index in [0.29, 0.717) is 138 Å². The zero-order chi connectivity index (χ0) is 60.6. The summed E-state index contributed by atoms with van der Waals surface area (Å²) in [6.07, 6.45) is 13.0. The molecule has 0 aliphatic carbocycles. The average molecular weight is 1190 g/mol. The van der Waals surface area contributed by atoms with Crippen LogP contribution in [0.5, 0.6) is 0 Å². The molecule has 4 amide bonds. The first kappa shape index (κ1) is 74.5. The molecule has 0 aliphatic rings. The van der Waals surface area contributed by atoms with E-state index in [1.165, 1.54) is 0 Å². The normalized spacial score (nSPS) is 11.8. The van der Waals surface area contributed by atoms with Gasteiger partial charge in [-0.1, -0.05) is 112 Å². The standard InChI is InChI=1S/C61H99N5O18/c62-53(60(72)73)23-17-18-30-63-56(68)28-33-75-37-41-79-45-48-82-44-40-78-36-32-65-57(69)29-34-76-38-42-80-46-47-81-43-39-77-35-31-64-55(67)27-26-54(61(74)84-50-52-21-13-10-14-22-52)66-58(70)24-15-7-5-3-1-2-4-6-8-16-25-59(71)83-49-51-19-11-9-12-20-51/h9-14,19-22,53-54H,1-8,15-18,23-50,62H2,(H,63,68)(H,64,67)(H,65,69)(H,66,70)(H,72,73)/t53-,54-/m0/s1. The molecule has 0 fully saturated rings. The third kappa shape index (κ3) is 46.7. The van der Waals surface area contributed by atoms with Crippen molar-refractivity contribution in [2.75, 3.05) is 125 Å². The molecule has 2 atom stereocenters. The van der Waals surface area contributed by atoms with Gasteiger partial charge in [-0.2, -0.15) is 0 Å². The van der Waals surface area contributed by atoms with Crippen LogP contribution >= 0.6 is 0 Å². The summed E-state index contributed by atoms with van der Waals surface area (Å²) in [5.41, 5.74) is 7.26. The Morgan fingerprint density at radius 1 is 0.381 bits per heavy atom. The van der Waals surface area contributed by atoms with Crippen LogP contribution in [0.4, 0.5) is 0 Å². The van der Waals surface area contributed by atoms with Crippen LogP contribution in [0.15, 0.2) is 60.7 Å². The summed E-state index contributed by atoms with van der Waals surface area (Å²) in [5.74, 6) is -2.56. The van der Waals surface area contributed by atoms with Gasteiger partial charge in [0, 0.05) is 51.7 Å². The van der Waals surface area contributed by atoms with Crippen molar-refractivity contribution in [3.05, 3.63) is 71.8 Å². The highest BCUT2D eigenvalue weighted by molar-refractivity contribution is 5.85. The predicted octanol–water partition coefficient (Wildman–Crippen LogP) is 5.26. The molecule has 0 heterocycles. The smallest absolute Gasteiger partial charge is 0.328 e. The third-order valence-electron chi connectivity index (χ3n) is 12.7. The fourth-order valence-corrected chi connectivity index (χ4v) is 7.88. The Hall–Kier alpha value is -5.63. The number of carbonyl (C=O) groups is 7. The van der Waals surface area contributed by atoms with Gasteiger partial charge in [0.05, 0.1) is 106 Å². The second-order valence-corrected chi connectivity index (χ2v) is 19.8. The van der Waals surface area contributed by atoms with Gasteiger partial charge >= 0.3 is 17.9 Å². The van der Waals surface area contributed by atoms with Gasteiger partial charge < -0.3 is 79.5 Å². The fraction of sp³-hybridized carbons (Fsp3) is 0.689. The van der Waals surface area contributed by atoms with Crippen LogP contribution in [0.2, 0.25) is 0 Å². The molecule has 476 valence electrons. The number of ether oxygens (including phenoxy) is 10. The zero-order valence-electron chi connectivity index (χ0n) is 49.7. The van der Waals surface area contributed by atoms with Gasteiger partial charge in [-0.25, -0.2) is 4.79 Å². The molecule has 0 aromatic heterocycles. The minimum absolute atomic E-state index is 0.0133. The van der Waals surface area contributed by atoms with Crippen LogP contribution in [0.3, 0.4) is 0 Å². The quantitative estimate of drug-likeness (QED) is 0.0363. The Morgan fingerprint density at radius 3 is 1.21 bits per heavy atom. The van der Waals surface area contributed by atoms with Gasteiger partial charge in [-0.3, -0.25) is 28.8 Å². The monoisotopic (exact) mass is 1190 g/mol. The van der Waals surface area contributed by atoms with Crippen molar-refractivity contribution < 1.29 is 86.0 Å². The zero-order valence-corrected chi connectivity index (χ0v) is 49.7. The number of carbonyl (C=O) groups excluding carboxylic acids is 6. The molecule has 23 heteroatoms. The van der Waals surface area contributed by atoms with Crippen molar-refractivity contribution in [3.8, 4) is 0 Å². The molecular weight excluding hydrogens is 1090 g/mol. The van der Waals surface area contributed by atoms with Gasteiger partial charge in [0.1, 0.15) is 25.3 Å². The second-order valence-electron chi connectivity index (χ2n) is 19.8. The summed E-state index contributed by atoms with van der Waals surface area (Å²) in [6, 6.07) is 17.1. The minimum atomic E-state index is -1.02. The van der Waals surface area contributed by atoms with E-state index in [-0.39, 0.29) is 94.7 Å².